The third-order valence-corrected chi connectivity index (χ3v) is 3.71. The zero-order chi connectivity index (χ0) is 19.8. The molecular weight excluding hydrogens is 363 g/mol. The SMILES string of the molecule is COc1ccccc1-c1cc(C(F)(F)F)n2ncc(C(=O)OC(C)C)c2n1. The Labute approximate surface area is 152 Å². The Balaban J connectivity index is 2.28. The number of carbonyl (C=O) groups excluding carboxylic acids is 1. The fourth-order valence-corrected chi connectivity index (χ4v) is 2.58. The average Bonchev–Trinajstić information content (AvgIpc) is 3.03. The smallest absolute Gasteiger partial charge is 0.433 e. The molecule has 0 aliphatic rings. The summed E-state index contributed by atoms with van der Waals surface area (Å²) in [5.74, 6) is -0.439. The van der Waals surface area contributed by atoms with Crippen LogP contribution in [0.5, 0.6) is 5.75 Å². The molecule has 27 heavy (non-hydrogen) atoms. The Bertz CT molecular complexity index is 996. The number of methoxy groups -OCH3 is 1. The first kappa shape index (κ1) is 18.7. The van der Waals surface area contributed by atoms with E-state index >= 15 is 0 Å². The van der Waals surface area contributed by atoms with E-state index in [1.54, 1.807) is 38.1 Å². The molecule has 0 bridgehead atoms. The van der Waals surface area contributed by atoms with Crippen molar-refractivity contribution in [1.29, 1.82) is 0 Å². The maximum atomic E-state index is 13.6. The van der Waals surface area contributed by atoms with Crippen LogP contribution in [0.3, 0.4) is 0 Å². The van der Waals surface area contributed by atoms with Gasteiger partial charge in [0, 0.05) is 5.56 Å². The van der Waals surface area contributed by atoms with Gasteiger partial charge in [0.1, 0.15) is 11.3 Å². The lowest BCUT2D eigenvalue weighted by atomic mass is 10.1. The molecule has 2 heterocycles. The first-order valence-corrected chi connectivity index (χ1v) is 8.02. The van der Waals surface area contributed by atoms with Gasteiger partial charge in [0.05, 0.1) is 25.1 Å². The second kappa shape index (κ2) is 6.90. The van der Waals surface area contributed by atoms with Crippen LogP contribution in [0.4, 0.5) is 13.2 Å². The van der Waals surface area contributed by atoms with Gasteiger partial charge in [-0.1, -0.05) is 12.1 Å². The van der Waals surface area contributed by atoms with E-state index in [9.17, 15) is 18.0 Å². The van der Waals surface area contributed by atoms with Crippen molar-refractivity contribution < 1.29 is 27.4 Å². The van der Waals surface area contributed by atoms with Gasteiger partial charge in [0.2, 0.25) is 0 Å². The number of esters is 1. The van der Waals surface area contributed by atoms with Gasteiger partial charge in [-0.25, -0.2) is 14.3 Å². The molecule has 0 saturated carbocycles. The molecule has 0 aliphatic carbocycles. The van der Waals surface area contributed by atoms with E-state index in [1.807, 2.05) is 0 Å². The third-order valence-electron chi connectivity index (χ3n) is 3.71. The van der Waals surface area contributed by atoms with Crippen molar-refractivity contribution in [3.63, 3.8) is 0 Å². The number of rotatable bonds is 4. The highest BCUT2D eigenvalue weighted by Crippen LogP contribution is 2.35. The van der Waals surface area contributed by atoms with E-state index in [2.05, 4.69) is 10.1 Å². The van der Waals surface area contributed by atoms with Gasteiger partial charge in [0.15, 0.2) is 11.3 Å². The van der Waals surface area contributed by atoms with Gasteiger partial charge in [-0.05, 0) is 32.0 Å². The molecule has 0 N–H and O–H groups in total. The van der Waals surface area contributed by atoms with Crippen LogP contribution < -0.4 is 4.74 Å². The van der Waals surface area contributed by atoms with Crippen molar-refractivity contribution in [2.24, 2.45) is 0 Å². The number of para-hydroxylation sites is 1. The van der Waals surface area contributed by atoms with Crippen LogP contribution in [0.15, 0.2) is 36.5 Å². The van der Waals surface area contributed by atoms with Crippen LogP contribution in [-0.4, -0.2) is 33.8 Å². The number of aromatic nitrogens is 3. The number of hydrogen-bond acceptors (Lipinski definition) is 5. The Morgan fingerprint density at radius 3 is 2.56 bits per heavy atom. The summed E-state index contributed by atoms with van der Waals surface area (Å²) in [4.78, 5) is 16.5. The van der Waals surface area contributed by atoms with Crippen LogP contribution in [0, 0.1) is 0 Å². The molecule has 0 amide bonds. The predicted octanol–water partition coefficient (Wildman–Crippen LogP) is 3.99. The lowest BCUT2D eigenvalue weighted by molar-refractivity contribution is -0.142. The number of ether oxygens (including phenoxy) is 2. The maximum absolute atomic E-state index is 13.6. The number of nitrogens with zero attached hydrogens (tertiary/aromatic N) is 3. The number of benzene rings is 1. The molecule has 3 aromatic rings. The molecule has 1 aromatic carbocycles. The van der Waals surface area contributed by atoms with Crippen molar-refractivity contribution >= 4 is 11.6 Å². The lowest BCUT2D eigenvalue weighted by Crippen LogP contribution is -2.15. The molecule has 0 aliphatic heterocycles. The van der Waals surface area contributed by atoms with Gasteiger partial charge in [0.25, 0.3) is 0 Å². The number of hydrogen-bond donors (Lipinski definition) is 0. The van der Waals surface area contributed by atoms with Crippen LogP contribution in [0.2, 0.25) is 0 Å². The summed E-state index contributed by atoms with van der Waals surface area (Å²) >= 11 is 0. The minimum absolute atomic E-state index is 0.00590. The van der Waals surface area contributed by atoms with Crippen molar-refractivity contribution in [2.75, 3.05) is 7.11 Å². The first-order valence-electron chi connectivity index (χ1n) is 8.02. The summed E-state index contributed by atoms with van der Waals surface area (Å²) in [6.45, 7) is 3.27. The number of halogens is 3. The molecule has 3 rings (SSSR count). The van der Waals surface area contributed by atoms with E-state index in [0.29, 0.717) is 15.8 Å². The Kier molecular flexibility index (Phi) is 4.77. The van der Waals surface area contributed by atoms with Gasteiger partial charge in [-0.3, -0.25) is 0 Å². The van der Waals surface area contributed by atoms with E-state index in [1.165, 1.54) is 7.11 Å². The fraction of sp³-hybridized carbons (Fsp3) is 0.278. The average molecular weight is 379 g/mol. The normalized spacial score (nSPS) is 11.8. The minimum atomic E-state index is -4.71. The topological polar surface area (TPSA) is 65.7 Å². The molecule has 0 fully saturated rings. The molecule has 0 saturated heterocycles. The second-order valence-electron chi connectivity index (χ2n) is 5.97. The molecule has 9 heteroatoms. The quantitative estimate of drug-likeness (QED) is 0.642. The summed E-state index contributed by atoms with van der Waals surface area (Å²) in [7, 11) is 1.41. The molecule has 0 atom stereocenters. The van der Waals surface area contributed by atoms with Gasteiger partial charge in [-0.2, -0.15) is 18.3 Å². The van der Waals surface area contributed by atoms with Crippen molar-refractivity contribution in [2.45, 2.75) is 26.1 Å². The van der Waals surface area contributed by atoms with Crippen LogP contribution in [0.1, 0.15) is 29.9 Å². The third kappa shape index (κ3) is 3.57. The van der Waals surface area contributed by atoms with Crippen molar-refractivity contribution in [1.82, 2.24) is 14.6 Å². The van der Waals surface area contributed by atoms with Gasteiger partial charge < -0.3 is 9.47 Å². The van der Waals surface area contributed by atoms with E-state index < -0.39 is 23.9 Å². The fourth-order valence-electron chi connectivity index (χ4n) is 2.58. The minimum Gasteiger partial charge on any atom is -0.496 e. The maximum Gasteiger partial charge on any atom is 0.433 e. The summed E-state index contributed by atoms with van der Waals surface area (Å²) in [5, 5.41) is 3.69. The lowest BCUT2D eigenvalue weighted by Gasteiger charge is -2.13. The highest BCUT2D eigenvalue weighted by atomic mass is 19.4. The first-order chi connectivity index (χ1) is 12.7. The Morgan fingerprint density at radius 2 is 1.93 bits per heavy atom. The molecule has 2 aromatic heterocycles. The summed E-state index contributed by atoms with van der Waals surface area (Å²) < 4.78 is 51.6. The molecule has 6 nitrogen and oxygen atoms in total. The van der Waals surface area contributed by atoms with Gasteiger partial charge in [-0.15, -0.1) is 0 Å². The van der Waals surface area contributed by atoms with Crippen molar-refractivity contribution in [3.05, 3.63) is 47.8 Å². The molecule has 0 radical (unpaired) electrons. The van der Waals surface area contributed by atoms with E-state index in [4.69, 9.17) is 9.47 Å². The highest BCUT2D eigenvalue weighted by Gasteiger charge is 2.36. The van der Waals surface area contributed by atoms with Gasteiger partial charge >= 0.3 is 12.1 Å². The van der Waals surface area contributed by atoms with Crippen LogP contribution in [-0.2, 0) is 10.9 Å². The van der Waals surface area contributed by atoms with E-state index in [0.717, 1.165) is 12.3 Å². The zero-order valence-electron chi connectivity index (χ0n) is 14.7. The second-order valence-corrected chi connectivity index (χ2v) is 5.97. The monoisotopic (exact) mass is 379 g/mol. The summed E-state index contributed by atoms with van der Waals surface area (Å²) in [5.41, 5.74) is -1.08. The van der Waals surface area contributed by atoms with E-state index in [-0.39, 0.29) is 16.9 Å². The number of alkyl halides is 3. The van der Waals surface area contributed by atoms with Crippen LogP contribution >= 0.6 is 0 Å². The summed E-state index contributed by atoms with van der Waals surface area (Å²) in [6.07, 6.45) is -4.12. The Hall–Kier alpha value is -3.10. The zero-order valence-corrected chi connectivity index (χ0v) is 14.7. The van der Waals surface area contributed by atoms with Crippen molar-refractivity contribution in [3.8, 4) is 17.0 Å². The standard InChI is InChI=1S/C18H16F3N3O3/c1-10(2)27-17(25)12-9-22-24-15(18(19,20)21)8-13(23-16(12)24)11-6-4-5-7-14(11)26-3/h4-10H,1-3H3. The summed E-state index contributed by atoms with van der Waals surface area (Å²) in [6, 6.07) is 7.41. The molecule has 142 valence electrons. The Morgan fingerprint density at radius 1 is 1.22 bits per heavy atom. The highest BCUT2D eigenvalue weighted by molar-refractivity contribution is 5.96. The molecule has 0 spiro atoms. The van der Waals surface area contributed by atoms with Crippen LogP contribution in [0.25, 0.3) is 16.9 Å². The largest absolute Gasteiger partial charge is 0.496 e. The molecule has 0 unspecified atom stereocenters. The number of fused-ring (bicyclic) bond motifs is 1. The predicted molar refractivity (Wildman–Crippen MR) is 90.5 cm³/mol. The number of carbonyl (C=O) groups is 1. The molecular formula is C18H16F3N3O3.